The lowest BCUT2D eigenvalue weighted by Gasteiger charge is -2.27. The van der Waals surface area contributed by atoms with Crippen molar-refractivity contribution in [2.45, 2.75) is 5.92 Å². The van der Waals surface area contributed by atoms with E-state index in [-0.39, 0.29) is 5.97 Å². The number of methoxy groups -OCH3 is 1. The van der Waals surface area contributed by atoms with Crippen LogP contribution in [0.4, 0.5) is 0 Å². The first kappa shape index (κ1) is 8.31. The molecule has 13 heavy (non-hydrogen) atoms. The molecule has 2 rings (SSSR count). The van der Waals surface area contributed by atoms with E-state index in [9.17, 15) is 4.79 Å². The molecule has 2 N–H and O–H groups in total. The lowest BCUT2D eigenvalue weighted by molar-refractivity contribution is 0.0592. The SMILES string of the molecule is COC(=O)c1[nH]ccc1C1CNC1. The maximum absolute atomic E-state index is 11.3. The Labute approximate surface area is 76.3 Å². The molecule has 2 heterocycles. The van der Waals surface area contributed by atoms with Crippen LogP contribution in [0.1, 0.15) is 22.0 Å². The Bertz CT molecular complexity index is 315. The highest BCUT2D eigenvalue weighted by Gasteiger charge is 2.25. The Kier molecular flexibility index (Phi) is 2.06. The number of hydrogen-bond acceptors (Lipinski definition) is 3. The van der Waals surface area contributed by atoms with Gasteiger partial charge in [-0.3, -0.25) is 0 Å². The van der Waals surface area contributed by atoms with Gasteiger partial charge in [0.15, 0.2) is 0 Å². The number of H-pyrrole nitrogens is 1. The molecule has 1 fully saturated rings. The molecular formula is C9H12N2O2. The van der Waals surface area contributed by atoms with Crippen LogP contribution in [-0.4, -0.2) is 31.2 Å². The fourth-order valence-corrected chi connectivity index (χ4v) is 1.51. The van der Waals surface area contributed by atoms with Gasteiger partial charge in [-0.15, -0.1) is 0 Å². The van der Waals surface area contributed by atoms with Gasteiger partial charge in [-0.2, -0.15) is 0 Å². The van der Waals surface area contributed by atoms with Crippen molar-refractivity contribution in [1.29, 1.82) is 0 Å². The van der Waals surface area contributed by atoms with Gasteiger partial charge in [0.1, 0.15) is 5.69 Å². The highest BCUT2D eigenvalue weighted by atomic mass is 16.5. The van der Waals surface area contributed by atoms with Crippen molar-refractivity contribution in [2.75, 3.05) is 20.2 Å². The first-order valence-corrected chi connectivity index (χ1v) is 4.29. The molecule has 0 saturated carbocycles. The van der Waals surface area contributed by atoms with Crippen LogP contribution in [-0.2, 0) is 4.74 Å². The van der Waals surface area contributed by atoms with Crippen LogP contribution in [0.25, 0.3) is 0 Å². The van der Waals surface area contributed by atoms with Gasteiger partial charge >= 0.3 is 5.97 Å². The first-order chi connectivity index (χ1) is 6.33. The Morgan fingerprint density at radius 1 is 1.62 bits per heavy atom. The summed E-state index contributed by atoms with van der Waals surface area (Å²) >= 11 is 0. The van der Waals surface area contributed by atoms with E-state index in [1.165, 1.54) is 7.11 Å². The molecule has 4 heteroatoms. The number of esters is 1. The van der Waals surface area contributed by atoms with Crippen LogP contribution in [0, 0.1) is 0 Å². The number of carbonyl (C=O) groups is 1. The minimum Gasteiger partial charge on any atom is -0.464 e. The van der Waals surface area contributed by atoms with Crippen molar-refractivity contribution in [2.24, 2.45) is 0 Å². The van der Waals surface area contributed by atoms with E-state index in [0.29, 0.717) is 11.6 Å². The van der Waals surface area contributed by atoms with E-state index >= 15 is 0 Å². The Hall–Kier alpha value is -1.29. The lowest BCUT2D eigenvalue weighted by atomic mass is 9.94. The van der Waals surface area contributed by atoms with Crippen LogP contribution in [0.3, 0.4) is 0 Å². The van der Waals surface area contributed by atoms with Gasteiger partial charge in [0.25, 0.3) is 0 Å². The highest BCUT2D eigenvalue weighted by molar-refractivity contribution is 5.89. The van der Waals surface area contributed by atoms with E-state index in [0.717, 1.165) is 18.7 Å². The van der Waals surface area contributed by atoms with Gasteiger partial charge in [0, 0.05) is 25.2 Å². The Balaban J connectivity index is 2.24. The summed E-state index contributed by atoms with van der Waals surface area (Å²) in [6.45, 7) is 1.89. The predicted octanol–water partition coefficient (Wildman–Crippen LogP) is 0.488. The first-order valence-electron chi connectivity index (χ1n) is 4.29. The number of carbonyl (C=O) groups excluding carboxylic acids is 1. The summed E-state index contributed by atoms with van der Waals surface area (Å²) in [4.78, 5) is 14.2. The summed E-state index contributed by atoms with van der Waals surface area (Å²) < 4.78 is 4.66. The molecule has 1 aromatic heterocycles. The molecule has 0 atom stereocenters. The third-order valence-corrected chi connectivity index (χ3v) is 2.39. The largest absolute Gasteiger partial charge is 0.464 e. The minimum atomic E-state index is -0.285. The lowest BCUT2D eigenvalue weighted by Crippen LogP contribution is -2.40. The second-order valence-electron chi connectivity index (χ2n) is 3.15. The minimum absolute atomic E-state index is 0.285. The van der Waals surface area contributed by atoms with Crippen LogP contribution >= 0.6 is 0 Å². The van der Waals surface area contributed by atoms with E-state index in [1.807, 2.05) is 6.07 Å². The van der Waals surface area contributed by atoms with Gasteiger partial charge in [0.05, 0.1) is 7.11 Å². The highest BCUT2D eigenvalue weighted by Crippen LogP contribution is 2.23. The van der Waals surface area contributed by atoms with Gasteiger partial charge in [-0.05, 0) is 11.6 Å². The van der Waals surface area contributed by atoms with E-state index in [1.54, 1.807) is 6.20 Å². The number of rotatable bonds is 2. The van der Waals surface area contributed by atoms with Gasteiger partial charge in [-0.25, -0.2) is 4.79 Å². The predicted molar refractivity (Wildman–Crippen MR) is 47.7 cm³/mol. The average Bonchev–Trinajstić information content (AvgIpc) is 2.49. The molecule has 0 bridgehead atoms. The molecule has 4 nitrogen and oxygen atoms in total. The maximum atomic E-state index is 11.3. The van der Waals surface area contributed by atoms with Gasteiger partial charge in [-0.1, -0.05) is 0 Å². The number of hydrogen-bond donors (Lipinski definition) is 2. The van der Waals surface area contributed by atoms with Gasteiger partial charge < -0.3 is 15.0 Å². The molecule has 0 spiro atoms. The van der Waals surface area contributed by atoms with Crippen LogP contribution in [0.2, 0.25) is 0 Å². The summed E-state index contributed by atoms with van der Waals surface area (Å²) in [5, 5.41) is 3.17. The van der Waals surface area contributed by atoms with Crippen molar-refractivity contribution in [3.05, 3.63) is 23.5 Å². The molecule has 1 aliphatic heterocycles. The van der Waals surface area contributed by atoms with Gasteiger partial charge in [0.2, 0.25) is 0 Å². The van der Waals surface area contributed by atoms with Crippen molar-refractivity contribution in [1.82, 2.24) is 10.3 Å². The number of aromatic nitrogens is 1. The third kappa shape index (κ3) is 1.33. The monoisotopic (exact) mass is 180 g/mol. The number of nitrogens with one attached hydrogen (secondary N) is 2. The zero-order valence-electron chi connectivity index (χ0n) is 7.46. The topological polar surface area (TPSA) is 54.1 Å². The standard InChI is InChI=1S/C9H12N2O2/c1-13-9(12)8-7(2-3-11-8)6-4-10-5-6/h2-3,6,10-11H,4-5H2,1H3. The quantitative estimate of drug-likeness (QED) is 0.651. The maximum Gasteiger partial charge on any atom is 0.354 e. The van der Waals surface area contributed by atoms with Crippen LogP contribution in [0.5, 0.6) is 0 Å². The zero-order valence-corrected chi connectivity index (χ0v) is 7.46. The summed E-state index contributed by atoms with van der Waals surface area (Å²) in [7, 11) is 1.39. The third-order valence-electron chi connectivity index (χ3n) is 2.39. The Morgan fingerprint density at radius 3 is 2.92 bits per heavy atom. The average molecular weight is 180 g/mol. The summed E-state index contributed by atoms with van der Waals surface area (Å²) in [5.41, 5.74) is 1.65. The fourth-order valence-electron chi connectivity index (χ4n) is 1.51. The smallest absolute Gasteiger partial charge is 0.354 e. The molecule has 1 aliphatic rings. The molecule has 0 aromatic carbocycles. The van der Waals surface area contributed by atoms with Crippen LogP contribution in [0.15, 0.2) is 12.3 Å². The summed E-state index contributed by atoms with van der Waals surface area (Å²) in [5.74, 6) is 0.173. The van der Waals surface area contributed by atoms with Crippen molar-refractivity contribution in [3.8, 4) is 0 Å². The molecular weight excluding hydrogens is 168 g/mol. The molecule has 0 unspecified atom stereocenters. The molecule has 1 saturated heterocycles. The van der Waals surface area contributed by atoms with Crippen molar-refractivity contribution < 1.29 is 9.53 Å². The fraction of sp³-hybridized carbons (Fsp3) is 0.444. The van der Waals surface area contributed by atoms with Crippen LogP contribution < -0.4 is 5.32 Å². The molecule has 70 valence electrons. The number of aromatic amines is 1. The molecule has 0 radical (unpaired) electrons. The second kappa shape index (κ2) is 3.22. The summed E-state index contributed by atoms with van der Waals surface area (Å²) in [6, 6.07) is 1.94. The van der Waals surface area contributed by atoms with E-state index in [4.69, 9.17) is 0 Å². The summed E-state index contributed by atoms with van der Waals surface area (Å²) in [6.07, 6.45) is 1.78. The number of ether oxygens (including phenoxy) is 1. The Morgan fingerprint density at radius 2 is 2.38 bits per heavy atom. The molecule has 0 aliphatic carbocycles. The van der Waals surface area contributed by atoms with E-state index in [2.05, 4.69) is 15.0 Å². The zero-order chi connectivity index (χ0) is 9.26. The van der Waals surface area contributed by atoms with Crippen molar-refractivity contribution in [3.63, 3.8) is 0 Å². The van der Waals surface area contributed by atoms with Crippen molar-refractivity contribution >= 4 is 5.97 Å². The molecule has 0 amide bonds. The molecule has 1 aromatic rings. The normalized spacial score (nSPS) is 16.7. The van der Waals surface area contributed by atoms with E-state index < -0.39 is 0 Å². The second-order valence-corrected chi connectivity index (χ2v) is 3.15.